The Morgan fingerprint density at radius 3 is 1.39 bits per heavy atom. The summed E-state index contributed by atoms with van der Waals surface area (Å²) in [5.41, 5.74) is 5.33. The van der Waals surface area contributed by atoms with Gasteiger partial charge in [0.1, 0.15) is 0 Å². The van der Waals surface area contributed by atoms with Crippen molar-refractivity contribution in [3.05, 3.63) is 57.4 Å². The molecular formula is C10H5CrNO6. The normalized spacial score (nSPS) is 4.61. The molecule has 2 N–H and O–H groups in total. The van der Waals surface area contributed by atoms with E-state index in [0.717, 1.165) is 0 Å². The zero-order chi connectivity index (χ0) is 16.0. The fourth-order valence-electron chi connectivity index (χ4n) is 0.419. The molecule has 0 aliphatic heterocycles. The molecular weight excluding hydrogens is 282 g/mol. The predicted octanol–water partition coefficient (Wildman–Crippen LogP) is 0.0756. The van der Waals surface area contributed by atoms with E-state index in [-0.39, 0.29) is 0 Å². The average molecular weight is 287 g/mol. The first-order valence-corrected chi connectivity index (χ1v) is 3.80. The maximum atomic E-state index is 7.50. The van der Waals surface area contributed by atoms with Crippen molar-refractivity contribution in [2.24, 2.45) is 5.73 Å². The standard InChI is InChI=1S/C5H5NO.5CO.Cr/c6-4-5-2-1-3-7-5;5*1-2;/h1-3H,6H2;;;;;;. The van der Waals surface area contributed by atoms with E-state index in [9.17, 15) is 0 Å². The molecule has 18 heavy (non-hydrogen) atoms. The Morgan fingerprint density at radius 2 is 1.28 bits per heavy atom. The van der Waals surface area contributed by atoms with E-state index in [4.69, 9.17) is 33.4 Å². The fourth-order valence-corrected chi connectivity index (χ4v) is 0.600. The molecule has 0 aromatic carbocycles. The van der Waals surface area contributed by atoms with Crippen LogP contribution >= 0.6 is 0 Å². The van der Waals surface area contributed by atoms with Gasteiger partial charge in [0.05, 0.1) is 0 Å². The Hall–Kier alpha value is -1.66. The van der Waals surface area contributed by atoms with Crippen molar-refractivity contribution < 1.29 is 43.5 Å². The summed E-state index contributed by atoms with van der Waals surface area (Å²) in [4.78, 5) is 0. The summed E-state index contributed by atoms with van der Waals surface area (Å²) in [6, 6.07) is 3.59. The second-order valence-corrected chi connectivity index (χ2v) is 2.03. The molecule has 0 aliphatic carbocycles. The third kappa shape index (κ3) is 29.3. The molecule has 92 valence electrons. The summed E-state index contributed by atoms with van der Waals surface area (Å²) in [5, 5.41) is 0. The molecule has 1 aromatic heterocycles. The number of furan rings is 1. The van der Waals surface area contributed by atoms with E-state index in [2.05, 4.69) is 49.1 Å². The fraction of sp³-hybridized carbons (Fsp3) is 0. The summed E-state index contributed by atoms with van der Waals surface area (Å²) in [6.45, 7) is 22.5. The van der Waals surface area contributed by atoms with Gasteiger partial charge in [0.25, 0.3) is 0 Å². The number of nitrogens with two attached hydrogens (primary N) is 1. The molecule has 1 rings (SSSR count). The van der Waals surface area contributed by atoms with Gasteiger partial charge in [-0.3, -0.25) is 0 Å². The molecule has 0 saturated carbocycles. The molecule has 7 nitrogen and oxygen atoms in total. The molecule has 0 saturated heterocycles. The Labute approximate surface area is 112 Å². The molecule has 0 radical (unpaired) electrons. The summed E-state index contributed by atoms with van der Waals surface area (Å²) in [7, 11) is 0. The number of hydrogen-bond acceptors (Lipinski definition) is 2. The van der Waals surface area contributed by atoms with Gasteiger partial charge in [-0.25, -0.2) is 0 Å². The molecule has 0 unspecified atom stereocenters. The van der Waals surface area contributed by atoms with Gasteiger partial charge in [-0.2, -0.15) is 0 Å². The predicted molar refractivity (Wildman–Crippen MR) is 46.7 cm³/mol. The molecule has 1 heterocycles. The summed E-state index contributed by atoms with van der Waals surface area (Å²) in [6.07, 6.45) is 1.58. The van der Waals surface area contributed by atoms with Gasteiger partial charge in [0, 0.05) is 0 Å². The summed E-state index contributed by atoms with van der Waals surface area (Å²) >= 11 is 2.64. The van der Waals surface area contributed by atoms with Crippen molar-refractivity contribution in [1.82, 2.24) is 0 Å². The van der Waals surface area contributed by atoms with Gasteiger partial charge in [-0.05, 0) is 0 Å². The van der Waals surface area contributed by atoms with Gasteiger partial charge in [0.15, 0.2) is 0 Å². The SMILES string of the molecule is N[C](=[Cr])c1ccco1.[C-]#[O+].[C-]#[O+].[C-]#[O+].[C-]#[O+].[C-]#[O+]. The van der Waals surface area contributed by atoms with E-state index < -0.39 is 0 Å². The summed E-state index contributed by atoms with van der Waals surface area (Å²) < 4.78 is 43.0. The number of hydrogen-bond donors (Lipinski definition) is 1. The van der Waals surface area contributed by atoms with Crippen molar-refractivity contribution in [3.63, 3.8) is 0 Å². The zero-order valence-electron chi connectivity index (χ0n) is 8.67. The van der Waals surface area contributed by atoms with Gasteiger partial charge in [0.2, 0.25) is 0 Å². The first-order chi connectivity index (χ1) is 8.80. The van der Waals surface area contributed by atoms with Crippen LogP contribution in [0, 0.1) is 33.3 Å². The van der Waals surface area contributed by atoms with Crippen LogP contribution in [0.3, 0.4) is 0 Å². The first-order valence-electron chi connectivity index (χ1n) is 3.16. The van der Waals surface area contributed by atoms with Crippen LogP contribution in [0.4, 0.5) is 0 Å². The molecule has 0 fully saturated rings. The second-order valence-electron chi connectivity index (χ2n) is 1.34. The maximum absolute atomic E-state index is 7.50. The van der Waals surface area contributed by atoms with Crippen molar-refractivity contribution in [2.45, 2.75) is 0 Å². The zero-order valence-corrected chi connectivity index (χ0v) is 9.94. The van der Waals surface area contributed by atoms with E-state index in [1.807, 2.05) is 0 Å². The molecule has 0 bridgehead atoms. The van der Waals surface area contributed by atoms with Gasteiger partial charge < -0.3 is 0 Å². The van der Waals surface area contributed by atoms with E-state index in [1.165, 1.54) is 0 Å². The van der Waals surface area contributed by atoms with Crippen LogP contribution in [0.5, 0.6) is 0 Å². The van der Waals surface area contributed by atoms with Gasteiger partial charge in [-0.1, -0.05) is 0 Å². The minimum atomic E-state index is 0.593. The quantitative estimate of drug-likeness (QED) is 0.577. The third-order valence-corrected chi connectivity index (χ3v) is 1.08. The van der Waals surface area contributed by atoms with Crippen molar-refractivity contribution in [1.29, 1.82) is 0 Å². The van der Waals surface area contributed by atoms with Gasteiger partial charge >= 0.3 is 111 Å². The Kier molecular flexibility index (Phi) is 75.3. The topological polar surface area (TPSA) is 139 Å². The van der Waals surface area contributed by atoms with Crippen LogP contribution in [0.2, 0.25) is 0 Å². The minimum absolute atomic E-state index is 0.593. The second kappa shape index (κ2) is 45.3. The van der Waals surface area contributed by atoms with E-state index in [1.54, 1.807) is 18.4 Å². The molecule has 0 amide bonds. The van der Waals surface area contributed by atoms with Crippen LogP contribution in [0.1, 0.15) is 5.76 Å². The van der Waals surface area contributed by atoms with Crippen LogP contribution in [-0.4, -0.2) is 4.50 Å². The Balaban J connectivity index is -0.0000000482. The van der Waals surface area contributed by atoms with Crippen molar-refractivity contribution >= 4 is 4.50 Å². The van der Waals surface area contributed by atoms with Crippen molar-refractivity contribution in [3.8, 4) is 0 Å². The van der Waals surface area contributed by atoms with Crippen LogP contribution in [0.15, 0.2) is 22.8 Å². The van der Waals surface area contributed by atoms with Crippen LogP contribution in [-0.2, 0) is 39.1 Å². The third-order valence-electron chi connectivity index (χ3n) is 0.764. The van der Waals surface area contributed by atoms with Gasteiger partial charge in [-0.15, -0.1) is 0 Å². The van der Waals surface area contributed by atoms with Crippen molar-refractivity contribution in [2.75, 3.05) is 0 Å². The van der Waals surface area contributed by atoms with Crippen LogP contribution < -0.4 is 5.73 Å². The average Bonchev–Trinajstić information content (AvgIpc) is 3.04. The first kappa shape index (κ1) is 29.9. The molecule has 0 atom stereocenters. The molecule has 0 aliphatic rings. The Morgan fingerprint density at radius 1 is 0.944 bits per heavy atom. The van der Waals surface area contributed by atoms with E-state index in [0.29, 0.717) is 10.3 Å². The monoisotopic (exact) mass is 287 g/mol. The molecule has 1 aromatic rings. The Bertz CT molecular complexity index is 325. The van der Waals surface area contributed by atoms with Crippen LogP contribution in [0.25, 0.3) is 0 Å². The number of rotatable bonds is 1. The molecule has 8 heteroatoms. The summed E-state index contributed by atoms with van der Waals surface area (Å²) in [5.74, 6) is 0.699. The van der Waals surface area contributed by atoms with E-state index >= 15 is 0 Å². The molecule has 0 spiro atoms.